The highest BCUT2D eigenvalue weighted by Crippen LogP contribution is 2.25. The standard InChI is InChI=1S/C8H14N2S2/c1-2-7(11-4-1)6-10-8-9-3-5-12-8/h7H,1-6H2,(H,9,10). The zero-order valence-electron chi connectivity index (χ0n) is 7.08. The Bertz CT molecular complexity index is 176. The molecule has 1 fully saturated rings. The summed E-state index contributed by atoms with van der Waals surface area (Å²) in [7, 11) is 0. The van der Waals surface area contributed by atoms with Gasteiger partial charge in [0, 0.05) is 17.5 Å². The van der Waals surface area contributed by atoms with E-state index in [1.165, 1.54) is 29.5 Å². The second-order valence-corrected chi connectivity index (χ2v) is 5.54. The van der Waals surface area contributed by atoms with Crippen LogP contribution in [-0.4, -0.2) is 35.0 Å². The van der Waals surface area contributed by atoms with Gasteiger partial charge in [-0.05, 0) is 18.6 Å². The Morgan fingerprint density at radius 1 is 1.50 bits per heavy atom. The van der Waals surface area contributed by atoms with Gasteiger partial charge in [0.2, 0.25) is 0 Å². The summed E-state index contributed by atoms with van der Waals surface area (Å²) < 4.78 is 0. The van der Waals surface area contributed by atoms with E-state index in [9.17, 15) is 0 Å². The van der Waals surface area contributed by atoms with Crippen molar-refractivity contribution < 1.29 is 0 Å². The Morgan fingerprint density at radius 2 is 2.50 bits per heavy atom. The first-order valence-corrected chi connectivity index (χ1v) is 6.51. The minimum atomic E-state index is 0.842. The smallest absolute Gasteiger partial charge is 0.156 e. The molecule has 2 nitrogen and oxygen atoms in total. The first-order chi connectivity index (χ1) is 5.95. The summed E-state index contributed by atoms with van der Waals surface area (Å²) in [6, 6.07) is 0. The summed E-state index contributed by atoms with van der Waals surface area (Å²) in [5.41, 5.74) is 0. The number of rotatable bonds is 2. The van der Waals surface area contributed by atoms with Gasteiger partial charge in [-0.2, -0.15) is 11.8 Å². The van der Waals surface area contributed by atoms with E-state index in [1.54, 1.807) is 0 Å². The van der Waals surface area contributed by atoms with Crippen LogP contribution < -0.4 is 5.32 Å². The highest BCUT2D eigenvalue weighted by atomic mass is 32.2. The molecule has 2 rings (SSSR count). The lowest BCUT2D eigenvalue weighted by Crippen LogP contribution is -2.26. The molecule has 4 heteroatoms. The lowest BCUT2D eigenvalue weighted by molar-refractivity contribution is 0.750. The monoisotopic (exact) mass is 202 g/mol. The van der Waals surface area contributed by atoms with E-state index in [2.05, 4.69) is 22.1 Å². The van der Waals surface area contributed by atoms with Crippen molar-refractivity contribution >= 4 is 28.7 Å². The van der Waals surface area contributed by atoms with Crippen molar-refractivity contribution in [3.63, 3.8) is 0 Å². The molecule has 0 bridgehead atoms. The Hall–Kier alpha value is 0.170. The third kappa shape index (κ3) is 2.33. The lowest BCUT2D eigenvalue weighted by atomic mass is 10.2. The second kappa shape index (κ2) is 4.42. The molecule has 0 aromatic heterocycles. The zero-order valence-corrected chi connectivity index (χ0v) is 8.72. The minimum absolute atomic E-state index is 0.842. The van der Waals surface area contributed by atoms with Crippen LogP contribution in [0.5, 0.6) is 0 Å². The number of nitrogens with zero attached hydrogens (tertiary/aromatic N) is 1. The SMILES string of the molecule is C1CSC(CNC2=NCCS2)C1. The largest absolute Gasteiger partial charge is 0.364 e. The van der Waals surface area contributed by atoms with Crippen LogP contribution in [0.4, 0.5) is 0 Å². The average Bonchev–Trinajstić information content (AvgIpc) is 2.74. The van der Waals surface area contributed by atoms with Crippen molar-refractivity contribution in [3.8, 4) is 0 Å². The van der Waals surface area contributed by atoms with Crippen molar-refractivity contribution in [1.82, 2.24) is 5.32 Å². The van der Waals surface area contributed by atoms with Gasteiger partial charge < -0.3 is 5.32 Å². The quantitative estimate of drug-likeness (QED) is 0.735. The molecular weight excluding hydrogens is 188 g/mol. The molecule has 0 spiro atoms. The van der Waals surface area contributed by atoms with Gasteiger partial charge in [0.15, 0.2) is 5.17 Å². The molecule has 2 heterocycles. The molecule has 1 unspecified atom stereocenters. The van der Waals surface area contributed by atoms with Crippen LogP contribution in [-0.2, 0) is 0 Å². The fourth-order valence-corrected chi connectivity index (χ4v) is 3.39. The zero-order chi connectivity index (χ0) is 8.23. The van der Waals surface area contributed by atoms with Crippen molar-refractivity contribution in [2.24, 2.45) is 4.99 Å². The van der Waals surface area contributed by atoms with Crippen molar-refractivity contribution in [1.29, 1.82) is 0 Å². The van der Waals surface area contributed by atoms with Crippen molar-refractivity contribution in [2.75, 3.05) is 24.6 Å². The van der Waals surface area contributed by atoms with Gasteiger partial charge in [0.1, 0.15) is 0 Å². The number of hydrogen-bond acceptors (Lipinski definition) is 4. The van der Waals surface area contributed by atoms with Gasteiger partial charge >= 0.3 is 0 Å². The maximum atomic E-state index is 4.36. The van der Waals surface area contributed by atoms with Crippen LogP contribution in [0.3, 0.4) is 0 Å². The van der Waals surface area contributed by atoms with Gasteiger partial charge in [0.25, 0.3) is 0 Å². The third-order valence-electron chi connectivity index (χ3n) is 2.09. The molecule has 0 aliphatic carbocycles. The summed E-state index contributed by atoms with van der Waals surface area (Å²) in [6.07, 6.45) is 2.78. The molecule has 2 aliphatic rings. The number of hydrogen-bond donors (Lipinski definition) is 1. The van der Waals surface area contributed by atoms with Crippen LogP contribution in [0.15, 0.2) is 4.99 Å². The Kier molecular flexibility index (Phi) is 3.22. The third-order valence-corrected chi connectivity index (χ3v) is 4.42. The topological polar surface area (TPSA) is 24.4 Å². The van der Waals surface area contributed by atoms with E-state index >= 15 is 0 Å². The average molecular weight is 202 g/mol. The molecule has 1 N–H and O–H groups in total. The normalized spacial score (nSPS) is 29.0. The molecule has 0 aromatic rings. The molecule has 0 amide bonds. The minimum Gasteiger partial charge on any atom is -0.364 e. The second-order valence-electron chi connectivity index (χ2n) is 3.05. The maximum Gasteiger partial charge on any atom is 0.156 e. The molecule has 0 saturated carbocycles. The number of thioether (sulfide) groups is 2. The van der Waals surface area contributed by atoms with Gasteiger partial charge in [-0.3, -0.25) is 4.99 Å². The van der Waals surface area contributed by atoms with Gasteiger partial charge in [-0.15, -0.1) is 0 Å². The Labute approximate surface area is 82.0 Å². The predicted octanol–water partition coefficient (Wildman–Crippen LogP) is 1.57. The molecule has 1 saturated heterocycles. The van der Waals surface area contributed by atoms with Crippen LogP contribution >= 0.6 is 23.5 Å². The number of amidine groups is 1. The molecular formula is C8H14N2S2. The van der Waals surface area contributed by atoms with E-state index in [4.69, 9.17) is 0 Å². The highest BCUT2D eigenvalue weighted by Gasteiger charge is 2.16. The summed E-state index contributed by atoms with van der Waals surface area (Å²) in [5.74, 6) is 2.52. The summed E-state index contributed by atoms with van der Waals surface area (Å²) in [6.45, 7) is 2.13. The van der Waals surface area contributed by atoms with E-state index in [1.807, 2.05) is 11.8 Å². The van der Waals surface area contributed by atoms with Crippen molar-refractivity contribution in [3.05, 3.63) is 0 Å². The van der Waals surface area contributed by atoms with Crippen LogP contribution in [0.2, 0.25) is 0 Å². The van der Waals surface area contributed by atoms with Gasteiger partial charge in [0.05, 0.1) is 6.54 Å². The highest BCUT2D eigenvalue weighted by molar-refractivity contribution is 8.14. The summed E-state index contributed by atoms with van der Waals surface area (Å²) >= 11 is 3.95. The molecule has 1 atom stereocenters. The van der Waals surface area contributed by atoms with E-state index in [-0.39, 0.29) is 0 Å². The van der Waals surface area contributed by atoms with Gasteiger partial charge in [-0.1, -0.05) is 11.8 Å². The van der Waals surface area contributed by atoms with Gasteiger partial charge in [-0.25, -0.2) is 0 Å². The van der Waals surface area contributed by atoms with Crippen LogP contribution in [0.25, 0.3) is 0 Å². The molecule has 68 valence electrons. The first kappa shape index (κ1) is 8.75. The summed E-state index contributed by atoms with van der Waals surface area (Å²) in [5, 5.41) is 5.43. The Morgan fingerprint density at radius 3 is 3.17 bits per heavy atom. The van der Waals surface area contributed by atoms with Crippen molar-refractivity contribution in [2.45, 2.75) is 18.1 Å². The van der Waals surface area contributed by atoms with E-state index < -0.39 is 0 Å². The van der Waals surface area contributed by atoms with Crippen LogP contribution in [0, 0.1) is 0 Å². The maximum absolute atomic E-state index is 4.36. The Balaban J connectivity index is 1.67. The fourth-order valence-electron chi connectivity index (χ4n) is 1.45. The lowest BCUT2D eigenvalue weighted by Gasteiger charge is -2.09. The number of nitrogens with one attached hydrogen (secondary N) is 1. The summed E-state index contributed by atoms with van der Waals surface area (Å²) in [4.78, 5) is 4.36. The number of aliphatic imine (C=N–C) groups is 1. The predicted molar refractivity (Wildman–Crippen MR) is 58.2 cm³/mol. The molecule has 12 heavy (non-hydrogen) atoms. The van der Waals surface area contributed by atoms with E-state index in [0.29, 0.717) is 0 Å². The van der Waals surface area contributed by atoms with Crippen LogP contribution in [0.1, 0.15) is 12.8 Å². The first-order valence-electron chi connectivity index (χ1n) is 4.48. The van der Waals surface area contributed by atoms with E-state index in [0.717, 1.165) is 18.3 Å². The molecule has 0 aromatic carbocycles. The molecule has 2 aliphatic heterocycles. The molecule has 0 radical (unpaired) electrons. The fraction of sp³-hybridized carbons (Fsp3) is 0.875.